The van der Waals surface area contributed by atoms with Crippen LogP contribution in [-0.2, 0) is 0 Å². The molecule has 0 spiro atoms. The molecule has 0 aliphatic heterocycles. The molecule has 0 bridgehead atoms. The van der Waals surface area contributed by atoms with Gasteiger partial charge in [-0.15, -0.1) is 0 Å². The lowest BCUT2D eigenvalue weighted by Crippen LogP contribution is -2.10. The van der Waals surface area contributed by atoms with Crippen molar-refractivity contribution in [2.75, 3.05) is 0 Å². The first kappa shape index (κ1) is 15.7. The van der Waals surface area contributed by atoms with Gasteiger partial charge in [-0.25, -0.2) is 4.79 Å². The number of nitrogens with zero attached hydrogens (tertiary/aromatic N) is 1. The van der Waals surface area contributed by atoms with Crippen LogP contribution in [0.2, 0.25) is 5.02 Å². The van der Waals surface area contributed by atoms with Crippen LogP contribution in [0, 0.1) is 11.3 Å². The average molecular weight is 324 g/mol. The Bertz CT molecular complexity index is 744. The molecule has 2 aromatic rings. The first-order valence-corrected chi connectivity index (χ1v) is 6.34. The van der Waals surface area contributed by atoms with E-state index < -0.39 is 12.6 Å². The van der Waals surface area contributed by atoms with Crippen LogP contribution in [0.25, 0.3) is 0 Å². The third kappa shape index (κ3) is 3.93. The molecular formula is C15H8ClF2NO3. The van der Waals surface area contributed by atoms with Crippen LogP contribution in [0.5, 0.6) is 11.5 Å². The molecule has 0 heterocycles. The number of ether oxygens (including phenoxy) is 2. The SMILES string of the molecule is N#Cc1ccc(OC(=O)c2cccc(OC(F)F)c2)c(Cl)c1. The molecule has 0 fully saturated rings. The Morgan fingerprint density at radius 3 is 2.64 bits per heavy atom. The molecule has 0 aromatic heterocycles. The summed E-state index contributed by atoms with van der Waals surface area (Å²) >= 11 is 5.89. The molecule has 2 rings (SSSR count). The third-order valence-electron chi connectivity index (χ3n) is 2.56. The molecule has 0 N–H and O–H groups in total. The smallest absolute Gasteiger partial charge is 0.387 e. The molecule has 0 unspecified atom stereocenters. The Morgan fingerprint density at radius 2 is 2.00 bits per heavy atom. The summed E-state index contributed by atoms with van der Waals surface area (Å²) in [5, 5.41) is 8.81. The van der Waals surface area contributed by atoms with Crippen molar-refractivity contribution in [1.82, 2.24) is 0 Å². The number of rotatable bonds is 4. The quantitative estimate of drug-likeness (QED) is 0.629. The molecule has 0 amide bonds. The number of esters is 1. The van der Waals surface area contributed by atoms with Gasteiger partial charge in [0.2, 0.25) is 0 Å². The summed E-state index contributed by atoms with van der Waals surface area (Å²) < 4.78 is 33.6. The fourth-order valence-electron chi connectivity index (χ4n) is 1.61. The molecule has 4 nitrogen and oxygen atoms in total. The lowest BCUT2D eigenvalue weighted by atomic mass is 10.2. The van der Waals surface area contributed by atoms with E-state index in [4.69, 9.17) is 21.6 Å². The normalized spacial score (nSPS) is 10.1. The number of halogens is 3. The van der Waals surface area contributed by atoms with Gasteiger partial charge in [-0.3, -0.25) is 0 Å². The number of hydrogen-bond donors (Lipinski definition) is 0. The minimum atomic E-state index is -2.99. The minimum Gasteiger partial charge on any atom is -0.435 e. The molecule has 22 heavy (non-hydrogen) atoms. The summed E-state index contributed by atoms with van der Waals surface area (Å²) in [5.74, 6) is -0.882. The Balaban J connectivity index is 2.17. The molecule has 2 aromatic carbocycles. The zero-order chi connectivity index (χ0) is 16.1. The first-order valence-electron chi connectivity index (χ1n) is 5.96. The van der Waals surface area contributed by atoms with E-state index in [0.717, 1.165) is 6.07 Å². The maximum Gasteiger partial charge on any atom is 0.387 e. The van der Waals surface area contributed by atoms with Crippen LogP contribution in [-0.4, -0.2) is 12.6 Å². The van der Waals surface area contributed by atoms with Crippen LogP contribution in [0.4, 0.5) is 8.78 Å². The maximum atomic E-state index is 12.1. The van der Waals surface area contributed by atoms with Crippen molar-refractivity contribution in [3.63, 3.8) is 0 Å². The summed E-state index contributed by atoms with van der Waals surface area (Å²) in [5.41, 5.74) is 0.343. The van der Waals surface area contributed by atoms with Gasteiger partial charge in [0, 0.05) is 0 Å². The van der Waals surface area contributed by atoms with E-state index in [1.807, 2.05) is 6.07 Å². The zero-order valence-electron chi connectivity index (χ0n) is 10.9. The van der Waals surface area contributed by atoms with Crippen LogP contribution in [0.15, 0.2) is 42.5 Å². The number of carbonyl (C=O) groups is 1. The monoisotopic (exact) mass is 323 g/mol. The highest BCUT2D eigenvalue weighted by Crippen LogP contribution is 2.26. The average Bonchev–Trinajstić information content (AvgIpc) is 2.48. The van der Waals surface area contributed by atoms with Gasteiger partial charge in [0.15, 0.2) is 0 Å². The Labute approximate surface area is 129 Å². The highest BCUT2D eigenvalue weighted by Gasteiger charge is 2.13. The Hall–Kier alpha value is -2.65. The Morgan fingerprint density at radius 1 is 1.23 bits per heavy atom. The van der Waals surface area contributed by atoms with Gasteiger partial charge in [0.05, 0.1) is 22.2 Å². The van der Waals surface area contributed by atoms with Gasteiger partial charge in [-0.1, -0.05) is 17.7 Å². The molecule has 0 saturated heterocycles. The second-order valence-electron chi connectivity index (χ2n) is 4.05. The number of hydrogen-bond acceptors (Lipinski definition) is 4. The molecule has 0 aliphatic rings. The molecule has 0 radical (unpaired) electrons. The third-order valence-corrected chi connectivity index (χ3v) is 2.85. The minimum absolute atomic E-state index is 0.0265. The molecule has 0 saturated carbocycles. The fraction of sp³-hybridized carbons (Fsp3) is 0.0667. The topological polar surface area (TPSA) is 59.3 Å². The highest BCUT2D eigenvalue weighted by molar-refractivity contribution is 6.32. The molecular weight excluding hydrogens is 316 g/mol. The van der Waals surface area contributed by atoms with Gasteiger partial charge in [-0.05, 0) is 36.4 Å². The summed E-state index contributed by atoms with van der Waals surface area (Å²) in [6.07, 6.45) is 0. The molecule has 0 aliphatic carbocycles. The van der Waals surface area contributed by atoms with Gasteiger partial charge >= 0.3 is 12.6 Å². The van der Waals surface area contributed by atoms with Crippen molar-refractivity contribution in [3.05, 3.63) is 58.6 Å². The van der Waals surface area contributed by atoms with Crippen molar-refractivity contribution < 1.29 is 23.0 Å². The second-order valence-corrected chi connectivity index (χ2v) is 4.46. The molecule has 0 atom stereocenters. The maximum absolute atomic E-state index is 12.1. The number of nitriles is 1. The van der Waals surface area contributed by atoms with Crippen molar-refractivity contribution in [3.8, 4) is 17.6 Å². The van der Waals surface area contributed by atoms with E-state index in [-0.39, 0.29) is 22.1 Å². The Kier molecular flexibility index (Phi) is 4.92. The summed E-state index contributed by atoms with van der Waals surface area (Å²) in [7, 11) is 0. The van der Waals surface area contributed by atoms with Crippen molar-refractivity contribution in [2.45, 2.75) is 6.61 Å². The highest BCUT2D eigenvalue weighted by atomic mass is 35.5. The van der Waals surface area contributed by atoms with Gasteiger partial charge in [-0.2, -0.15) is 14.0 Å². The van der Waals surface area contributed by atoms with Crippen LogP contribution in [0.3, 0.4) is 0 Å². The second kappa shape index (κ2) is 6.87. The zero-order valence-corrected chi connectivity index (χ0v) is 11.7. The fourth-order valence-corrected chi connectivity index (χ4v) is 1.83. The van der Waals surface area contributed by atoms with E-state index in [0.29, 0.717) is 5.56 Å². The van der Waals surface area contributed by atoms with Crippen LogP contribution in [0.1, 0.15) is 15.9 Å². The predicted octanol–water partition coefficient (Wildman–Crippen LogP) is 4.03. The van der Waals surface area contributed by atoms with Crippen LogP contribution < -0.4 is 9.47 Å². The number of carbonyl (C=O) groups excluding carboxylic acids is 1. The largest absolute Gasteiger partial charge is 0.435 e. The lowest BCUT2D eigenvalue weighted by Gasteiger charge is -2.08. The first-order chi connectivity index (χ1) is 10.5. The van der Waals surface area contributed by atoms with Gasteiger partial charge in [0.25, 0.3) is 0 Å². The van der Waals surface area contributed by atoms with E-state index >= 15 is 0 Å². The van der Waals surface area contributed by atoms with E-state index in [1.54, 1.807) is 0 Å². The summed E-state index contributed by atoms with van der Waals surface area (Å²) in [6.45, 7) is -2.99. The van der Waals surface area contributed by atoms with Gasteiger partial charge < -0.3 is 9.47 Å². The van der Waals surface area contributed by atoms with Gasteiger partial charge in [0.1, 0.15) is 11.5 Å². The molecule has 7 heteroatoms. The van der Waals surface area contributed by atoms with E-state index in [1.165, 1.54) is 36.4 Å². The summed E-state index contributed by atoms with van der Waals surface area (Å²) in [6, 6.07) is 11.2. The molecule has 112 valence electrons. The van der Waals surface area contributed by atoms with Crippen molar-refractivity contribution in [2.24, 2.45) is 0 Å². The van der Waals surface area contributed by atoms with Crippen molar-refractivity contribution in [1.29, 1.82) is 5.26 Å². The summed E-state index contributed by atoms with van der Waals surface area (Å²) in [4.78, 5) is 12.0. The van der Waals surface area contributed by atoms with E-state index in [9.17, 15) is 13.6 Å². The predicted molar refractivity (Wildman–Crippen MR) is 74.2 cm³/mol. The van der Waals surface area contributed by atoms with E-state index in [2.05, 4.69) is 4.74 Å². The van der Waals surface area contributed by atoms with Crippen molar-refractivity contribution >= 4 is 17.6 Å². The number of alkyl halides is 2. The standard InChI is InChI=1S/C15H8ClF2NO3/c16-12-6-9(8-19)4-5-13(12)22-14(20)10-2-1-3-11(7-10)21-15(17)18/h1-7,15H. The lowest BCUT2D eigenvalue weighted by molar-refractivity contribution is -0.0499. The van der Waals surface area contributed by atoms with Crippen LogP contribution >= 0.6 is 11.6 Å². The number of benzene rings is 2.